The molecule has 0 aliphatic rings. The summed E-state index contributed by atoms with van der Waals surface area (Å²) in [5.74, 6) is -0.958. The molecule has 4 rings (SSSR count). The number of hydrogen-bond donors (Lipinski definition) is 2. The summed E-state index contributed by atoms with van der Waals surface area (Å²) in [6.07, 6.45) is 2.90. The van der Waals surface area contributed by atoms with Gasteiger partial charge in [-0.2, -0.15) is 0 Å². The summed E-state index contributed by atoms with van der Waals surface area (Å²) in [6.45, 7) is 0. The highest BCUT2D eigenvalue weighted by Gasteiger charge is 2.08. The molecule has 2 aromatic heterocycles. The van der Waals surface area contributed by atoms with Crippen LogP contribution in [-0.4, -0.2) is 21.8 Å². The van der Waals surface area contributed by atoms with Crippen LogP contribution in [0.4, 0.5) is 0 Å². The molecule has 2 heterocycles. The first kappa shape index (κ1) is 17.4. The Morgan fingerprint density at radius 1 is 0.714 bits per heavy atom. The zero-order valence-electron chi connectivity index (χ0n) is 14.8. The van der Waals surface area contributed by atoms with Gasteiger partial charge in [-0.05, 0) is 30.3 Å². The summed E-state index contributed by atoms with van der Waals surface area (Å²) in [5.41, 5.74) is 7.13. The topological polar surface area (TPSA) is 84.0 Å². The number of hydrazine groups is 1. The van der Waals surface area contributed by atoms with E-state index >= 15 is 0 Å². The van der Waals surface area contributed by atoms with Gasteiger partial charge in [0, 0.05) is 16.8 Å². The molecule has 6 nitrogen and oxygen atoms in total. The lowest BCUT2D eigenvalue weighted by molar-refractivity contribution is -0.117. The minimum Gasteiger partial charge on any atom is -0.268 e. The van der Waals surface area contributed by atoms with Crippen molar-refractivity contribution in [2.75, 3.05) is 0 Å². The number of carbonyl (C=O) groups is 2. The first-order valence-electron chi connectivity index (χ1n) is 8.69. The van der Waals surface area contributed by atoms with Crippen molar-refractivity contribution in [1.82, 2.24) is 20.8 Å². The Kier molecular flexibility index (Phi) is 4.76. The van der Waals surface area contributed by atoms with Crippen molar-refractivity contribution in [1.29, 1.82) is 0 Å². The van der Waals surface area contributed by atoms with Crippen LogP contribution in [-0.2, 0) is 4.79 Å². The summed E-state index contributed by atoms with van der Waals surface area (Å²) in [4.78, 5) is 32.9. The van der Waals surface area contributed by atoms with Gasteiger partial charge in [0.25, 0.3) is 11.8 Å². The van der Waals surface area contributed by atoms with Crippen molar-refractivity contribution >= 4 is 39.7 Å². The van der Waals surface area contributed by atoms with E-state index in [0.717, 1.165) is 16.3 Å². The van der Waals surface area contributed by atoms with Gasteiger partial charge in [0.05, 0.1) is 16.7 Å². The second-order valence-electron chi connectivity index (χ2n) is 6.09. The second kappa shape index (κ2) is 7.67. The van der Waals surface area contributed by atoms with E-state index in [1.165, 1.54) is 6.08 Å². The summed E-state index contributed by atoms with van der Waals surface area (Å²) < 4.78 is 0. The molecule has 0 bridgehead atoms. The average molecular weight is 368 g/mol. The number of hydrogen-bond acceptors (Lipinski definition) is 4. The van der Waals surface area contributed by atoms with Gasteiger partial charge in [-0.3, -0.25) is 20.4 Å². The standard InChI is InChI=1S/C22H16N4O2/c27-21(14-12-17-11-9-15-5-1-3-7-18(15)23-17)25-26-22(28)20-13-10-16-6-2-4-8-19(16)24-20/h1-14H,(H,25,27)(H,26,28)/b14-12+. The number of nitrogens with zero attached hydrogens (tertiary/aromatic N) is 2. The molecule has 0 radical (unpaired) electrons. The third-order valence-electron chi connectivity index (χ3n) is 4.16. The maximum atomic E-state index is 12.2. The highest BCUT2D eigenvalue weighted by Crippen LogP contribution is 2.13. The fourth-order valence-electron chi connectivity index (χ4n) is 2.75. The lowest BCUT2D eigenvalue weighted by Crippen LogP contribution is -2.41. The summed E-state index contributed by atoms with van der Waals surface area (Å²) in [7, 11) is 0. The first-order chi connectivity index (χ1) is 13.7. The molecular formula is C22H16N4O2. The molecule has 2 amide bonds. The van der Waals surface area contributed by atoms with E-state index in [4.69, 9.17) is 0 Å². The van der Waals surface area contributed by atoms with E-state index in [-0.39, 0.29) is 5.69 Å². The number of aromatic nitrogens is 2. The summed E-state index contributed by atoms with van der Waals surface area (Å²) in [5, 5.41) is 1.97. The van der Waals surface area contributed by atoms with E-state index in [0.29, 0.717) is 11.2 Å². The molecule has 0 saturated carbocycles. The normalized spacial score (nSPS) is 11.0. The number of para-hydroxylation sites is 2. The smallest absolute Gasteiger partial charge is 0.268 e. The van der Waals surface area contributed by atoms with Gasteiger partial charge in [0.1, 0.15) is 5.69 Å². The van der Waals surface area contributed by atoms with Crippen LogP contribution < -0.4 is 10.9 Å². The van der Waals surface area contributed by atoms with E-state index in [1.54, 1.807) is 12.1 Å². The Labute approximate surface area is 160 Å². The molecule has 4 aromatic rings. The molecule has 136 valence electrons. The Bertz CT molecular complexity index is 1220. The van der Waals surface area contributed by atoms with Crippen LogP contribution in [0.1, 0.15) is 16.2 Å². The number of rotatable bonds is 3. The SMILES string of the molecule is O=C(/C=C/c1ccc2ccccc2n1)NNC(=O)c1ccc2ccccc2n1. The number of pyridine rings is 2. The third kappa shape index (κ3) is 3.86. The molecule has 0 spiro atoms. The highest BCUT2D eigenvalue weighted by molar-refractivity contribution is 5.98. The molecule has 2 N–H and O–H groups in total. The van der Waals surface area contributed by atoms with Gasteiger partial charge in [0.2, 0.25) is 0 Å². The molecule has 0 atom stereocenters. The average Bonchev–Trinajstić information content (AvgIpc) is 2.75. The highest BCUT2D eigenvalue weighted by atomic mass is 16.2. The fraction of sp³-hybridized carbons (Fsp3) is 0. The Hall–Kier alpha value is -4.06. The fourth-order valence-corrected chi connectivity index (χ4v) is 2.75. The first-order valence-corrected chi connectivity index (χ1v) is 8.69. The molecule has 28 heavy (non-hydrogen) atoms. The number of amides is 2. The van der Waals surface area contributed by atoms with E-state index in [2.05, 4.69) is 20.8 Å². The van der Waals surface area contributed by atoms with Crippen LogP contribution in [0.2, 0.25) is 0 Å². The van der Waals surface area contributed by atoms with Crippen molar-refractivity contribution in [3.8, 4) is 0 Å². The van der Waals surface area contributed by atoms with Crippen molar-refractivity contribution in [2.45, 2.75) is 0 Å². The summed E-state index contributed by atoms with van der Waals surface area (Å²) in [6, 6.07) is 22.4. The minimum absolute atomic E-state index is 0.221. The van der Waals surface area contributed by atoms with Crippen molar-refractivity contribution in [2.24, 2.45) is 0 Å². The van der Waals surface area contributed by atoms with Crippen molar-refractivity contribution < 1.29 is 9.59 Å². The number of fused-ring (bicyclic) bond motifs is 2. The molecule has 6 heteroatoms. The maximum Gasteiger partial charge on any atom is 0.288 e. The number of carbonyl (C=O) groups excluding carboxylic acids is 2. The molecule has 0 fully saturated rings. The van der Waals surface area contributed by atoms with Crippen LogP contribution in [0.15, 0.2) is 78.9 Å². The van der Waals surface area contributed by atoms with E-state index < -0.39 is 11.8 Å². The Balaban J connectivity index is 1.38. The van der Waals surface area contributed by atoms with Crippen LogP contribution >= 0.6 is 0 Å². The lowest BCUT2D eigenvalue weighted by atomic mass is 10.2. The van der Waals surface area contributed by atoms with Gasteiger partial charge in [-0.15, -0.1) is 0 Å². The predicted octanol–water partition coefficient (Wildman–Crippen LogP) is 3.26. The molecular weight excluding hydrogens is 352 g/mol. The zero-order chi connectivity index (χ0) is 19.3. The quantitative estimate of drug-likeness (QED) is 0.429. The molecule has 0 aliphatic carbocycles. The maximum absolute atomic E-state index is 12.2. The van der Waals surface area contributed by atoms with Gasteiger partial charge in [-0.25, -0.2) is 9.97 Å². The van der Waals surface area contributed by atoms with Gasteiger partial charge in [-0.1, -0.05) is 48.5 Å². The van der Waals surface area contributed by atoms with Crippen molar-refractivity contribution in [3.63, 3.8) is 0 Å². The predicted molar refractivity (Wildman–Crippen MR) is 108 cm³/mol. The molecule has 2 aromatic carbocycles. The summed E-state index contributed by atoms with van der Waals surface area (Å²) >= 11 is 0. The number of benzene rings is 2. The van der Waals surface area contributed by atoms with Crippen molar-refractivity contribution in [3.05, 3.63) is 90.3 Å². The molecule has 0 saturated heterocycles. The van der Waals surface area contributed by atoms with Crippen LogP contribution in [0.3, 0.4) is 0 Å². The monoisotopic (exact) mass is 368 g/mol. The second-order valence-corrected chi connectivity index (χ2v) is 6.09. The van der Waals surface area contributed by atoms with Crippen LogP contribution in [0, 0.1) is 0 Å². The van der Waals surface area contributed by atoms with Crippen LogP contribution in [0.25, 0.3) is 27.9 Å². The minimum atomic E-state index is -0.490. The van der Waals surface area contributed by atoms with Gasteiger partial charge in [0.15, 0.2) is 0 Å². The van der Waals surface area contributed by atoms with E-state index in [9.17, 15) is 9.59 Å². The van der Waals surface area contributed by atoms with Gasteiger partial charge >= 0.3 is 0 Å². The molecule has 0 aliphatic heterocycles. The Morgan fingerprint density at radius 2 is 1.36 bits per heavy atom. The molecule has 0 unspecified atom stereocenters. The van der Waals surface area contributed by atoms with Crippen LogP contribution in [0.5, 0.6) is 0 Å². The number of nitrogens with one attached hydrogen (secondary N) is 2. The largest absolute Gasteiger partial charge is 0.288 e. The zero-order valence-corrected chi connectivity index (χ0v) is 14.8. The Morgan fingerprint density at radius 3 is 2.11 bits per heavy atom. The van der Waals surface area contributed by atoms with Gasteiger partial charge < -0.3 is 0 Å². The third-order valence-corrected chi connectivity index (χ3v) is 4.16. The lowest BCUT2D eigenvalue weighted by Gasteiger charge is -2.05. The van der Waals surface area contributed by atoms with E-state index in [1.807, 2.05) is 66.7 Å².